The fourth-order valence-corrected chi connectivity index (χ4v) is 0.249. The zero-order valence-corrected chi connectivity index (χ0v) is 4.15. The fraction of sp³-hybridized carbons (Fsp3) is 0.333. The Balaban J connectivity index is 0. The second-order valence-corrected chi connectivity index (χ2v) is 1.07. The number of rotatable bonds is 3. The van der Waals surface area contributed by atoms with Gasteiger partial charge in [-0.2, -0.15) is 0 Å². The third-order valence-corrected chi connectivity index (χ3v) is 0.500. The van der Waals surface area contributed by atoms with Gasteiger partial charge in [0.25, 0.3) is 0 Å². The first kappa shape index (κ1) is 10.9. The van der Waals surface area contributed by atoms with Crippen LogP contribution in [0.1, 0.15) is 0 Å². The predicted octanol–water partition coefficient (Wildman–Crippen LogP) is 0.479. The summed E-state index contributed by atoms with van der Waals surface area (Å²) in [6, 6.07) is 0. The summed E-state index contributed by atoms with van der Waals surface area (Å²) in [6.45, 7) is 3.68. The monoisotopic (exact) mass is 146 g/mol. The molecule has 0 aromatic heterocycles. The average molecular weight is 146 g/mol. The summed E-state index contributed by atoms with van der Waals surface area (Å²) in [6.07, 6.45) is 1.53. The second kappa shape index (κ2) is 10.1. The first-order valence-electron chi connectivity index (χ1n) is 1.47. The quantitative estimate of drug-likeness (QED) is 0.250. The molecule has 7 heavy (non-hydrogen) atoms. The normalized spacial score (nSPS) is 7.43. The molecule has 0 rings (SSSR count). The summed E-state index contributed by atoms with van der Waals surface area (Å²) < 4.78 is 13.7. The molecule has 0 fully saturated rings. The zero-order chi connectivity index (χ0) is 4.83. The van der Waals surface area contributed by atoms with Gasteiger partial charge in [-0.15, -0.1) is 6.58 Å². The van der Waals surface area contributed by atoms with Crippen LogP contribution in [0.5, 0.6) is 0 Å². The van der Waals surface area contributed by atoms with Gasteiger partial charge in [-0.3, -0.25) is 4.52 Å². The second-order valence-electron chi connectivity index (χ2n) is 0.659. The van der Waals surface area contributed by atoms with Crippen LogP contribution < -0.4 is 0 Å². The standard InChI is InChI=1S/C3H5O2P.Ca.2H/c1-2-3-5-6-4;;;/h2H,1,3H2;;;. The molecule has 0 N–H and O–H groups in total. The summed E-state index contributed by atoms with van der Waals surface area (Å²) in [5.74, 6) is 0. The predicted molar refractivity (Wildman–Crippen MR) is 32.3 cm³/mol. The van der Waals surface area contributed by atoms with Crippen molar-refractivity contribution in [1.82, 2.24) is 0 Å². The van der Waals surface area contributed by atoms with E-state index >= 15 is 0 Å². The third-order valence-electron chi connectivity index (χ3n) is 0.245. The number of hydrogen-bond acceptors (Lipinski definition) is 2. The summed E-state index contributed by atoms with van der Waals surface area (Å²) in [5.41, 5.74) is 0. The van der Waals surface area contributed by atoms with E-state index in [9.17, 15) is 4.57 Å². The Kier molecular flexibility index (Phi) is 15.8. The van der Waals surface area contributed by atoms with Gasteiger partial charge in [-0.05, 0) is 0 Å². The molecule has 38 valence electrons. The first-order chi connectivity index (χ1) is 2.91. The first-order valence-corrected chi connectivity index (χ1v) is 2.20. The van der Waals surface area contributed by atoms with E-state index in [2.05, 4.69) is 11.1 Å². The van der Waals surface area contributed by atoms with Crippen LogP contribution in [0.2, 0.25) is 0 Å². The van der Waals surface area contributed by atoms with Crippen LogP contribution in [0.3, 0.4) is 0 Å². The van der Waals surface area contributed by atoms with Gasteiger partial charge in [0.15, 0.2) is 0 Å². The Hall–Kier alpha value is 1.06. The van der Waals surface area contributed by atoms with Crippen LogP contribution in [0, 0.1) is 0 Å². The van der Waals surface area contributed by atoms with Crippen molar-refractivity contribution in [2.24, 2.45) is 0 Å². The molecule has 0 radical (unpaired) electrons. The molecule has 0 atom stereocenters. The molecule has 4 heteroatoms. The number of hydrogen-bond donors (Lipinski definition) is 0. The van der Waals surface area contributed by atoms with Crippen molar-refractivity contribution in [3.63, 3.8) is 0 Å². The third kappa shape index (κ3) is 11.0. The van der Waals surface area contributed by atoms with Crippen molar-refractivity contribution >= 4 is 46.4 Å². The van der Waals surface area contributed by atoms with Gasteiger partial charge < -0.3 is 0 Å². The Bertz CT molecular complexity index is 48.9. The fourth-order valence-electron chi connectivity index (χ4n) is 0.0831. The topological polar surface area (TPSA) is 26.3 Å². The minimum atomic E-state index is -0.276. The molecule has 2 nitrogen and oxygen atoms in total. The Labute approximate surface area is 74.2 Å². The van der Waals surface area contributed by atoms with Crippen LogP contribution >= 0.6 is 8.69 Å². The van der Waals surface area contributed by atoms with E-state index < -0.39 is 0 Å². The molecular formula is C3H7CaO2P. The van der Waals surface area contributed by atoms with E-state index in [0.29, 0.717) is 6.61 Å². The van der Waals surface area contributed by atoms with Gasteiger partial charge in [0, 0.05) is 0 Å². The van der Waals surface area contributed by atoms with Crippen molar-refractivity contribution in [2.75, 3.05) is 6.61 Å². The van der Waals surface area contributed by atoms with Gasteiger partial charge in [0.1, 0.15) is 0 Å². The zero-order valence-electron chi connectivity index (χ0n) is 3.26. The van der Waals surface area contributed by atoms with E-state index in [1.54, 1.807) is 0 Å². The van der Waals surface area contributed by atoms with E-state index in [1.807, 2.05) is 0 Å². The molecular weight excluding hydrogens is 139 g/mol. The van der Waals surface area contributed by atoms with Gasteiger partial charge in [-0.1, -0.05) is 6.08 Å². The average Bonchev–Trinajstić information content (AvgIpc) is 1.61. The molecule has 0 spiro atoms. The summed E-state index contributed by atoms with van der Waals surface area (Å²) >= 11 is 0. The van der Waals surface area contributed by atoms with Gasteiger partial charge in [0.05, 0.1) is 6.61 Å². The van der Waals surface area contributed by atoms with Gasteiger partial charge in [-0.25, -0.2) is 4.57 Å². The van der Waals surface area contributed by atoms with E-state index in [-0.39, 0.29) is 46.4 Å². The van der Waals surface area contributed by atoms with Crippen molar-refractivity contribution in [1.29, 1.82) is 0 Å². The molecule has 0 bridgehead atoms. The van der Waals surface area contributed by atoms with Crippen LogP contribution in [0.25, 0.3) is 0 Å². The Morgan fingerprint density at radius 1 is 1.86 bits per heavy atom. The minimum absolute atomic E-state index is 0. The van der Waals surface area contributed by atoms with E-state index in [4.69, 9.17) is 0 Å². The maximum atomic E-state index is 9.39. The summed E-state index contributed by atoms with van der Waals surface area (Å²) in [4.78, 5) is 0. The maximum absolute atomic E-state index is 9.39. The molecule has 0 aromatic carbocycles. The molecule has 0 amide bonds. The van der Waals surface area contributed by atoms with Crippen molar-refractivity contribution < 1.29 is 9.09 Å². The van der Waals surface area contributed by atoms with Crippen LogP contribution in [-0.4, -0.2) is 44.3 Å². The molecule has 0 saturated heterocycles. The van der Waals surface area contributed by atoms with E-state index in [0.717, 1.165) is 0 Å². The van der Waals surface area contributed by atoms with Gasteiger partial charge in [0.2, 0.25) is 0 Å². The van der Waals surface area contributed by atoms with Crippen molar-refractivity contribution in [3.05, 3.63) is 12.7 Å². The van der Waals surface area contributed by atoms with Crippen molar-refractivity contribution in [2.45, 2.75) is 0 Å². The molecule has 0 aliphatic heterocycles. The van der Waals surface area contributed by atoms with Crippen LogP contribution in [-0.2, 0) is 9.09 Å². The molecule has 0 aliphatic rings. The SMILES string of the molecule is C=CCOP=O.[CaH2]. The molecule has 0 aromatic rings. The molecule has 0 aliphatic carbocycles. The van der Waals surface area contributed by atoms with Gasteiger partial charge >= 0.3 is 46.4 Å². The van der Waals surface area contributed by atoms with Crippen molar-refractivity contribution in [3.8, 4) is 0 Å². The molecule has 0 unspecified atom stereocenters. The van der Waals surface area contributed by atoms with Crippen LogP contribution in [0.15, 0.2) is 12.7 Å². The van der Waals surface area contributed by atoms with Crippen LogP contribution in [0.4, 0.5) is 0 Å². The molecule has 0 heterocycles. The molecule has 0 saturated carbocycles. The Morgan fingerprint density at radius 2 is 2.43 bits per heavy atom. The Morgan fingerprint density at radius 3 is 2.57 bits per heavy atom. The van der Waals surface area contributed by atoms with E-state index in [1.165, 1.54) is 6.08 Å². The summed E-state index contributed by atoms with van der Waals surface area (Å²) in [5, 5.41) is 0. The summed E-state index contributed by atoms with van der Waals surface area (Å²) in [7, 11) is -0.276.